The molecule has 0 amide bonds. The van der Waals surface area contributed by atoms with Gasteiger partial charge in [-0.2, -0.15) is 0 Å². The van der Waals surface area contributed by atoms with Crippen molar-refractivity contribution < 1.29 is 10.0 Å². The number of fused-ring (bicyclic) bond motifs is 1. The fourth-order valence-corrected chi connectivity index (χ4v) is 3.62. The number of thiazole rings is 1. The molecule has 0 spiro atoms. The SMILES string of the molecule is OB(O)c1ccc(-c2ccc(-c3nc4ccccc4s3)cc2)cc1. The van der Waals surface area contributed by atoms with Crippen LogP contribution in [0.25, 0.3) is 31.9 Å². The van der Waals surface area contributed by atoms with Gasteiger partial charge < -0.3 is 10.0 Å². The van der Waals surface area contributed by atoms with Crippen LogP contribution in [0, 0.1) is 0 Å². The molecule has 24 heavy (non-hydrogen) atoms. The number of rotatable bonds is 3. The summed E-state index contributed by atoms with van der Waals surface area (Å²) in [5.41, 5.74) is 4.74. The van der Waals surface area contributed by atoms with E-state index in [0.29, 0.717) is 5.46 Å². The molecule has 0 aliphatic rings. The van der Waals surface area contributed by atoms with E-state index in [2.05, 4.69) is 35.3 Å². The molecular formula is C19H14BNO2S. The molecule has 0 bridgehead atoms. The summed E-state index contributed by atoms with van der Waals surface area (Å²) in [5.74, 6) is 0. The minimum absolute atomic E-state index is 0.491. The van der Waals surface area contributed by atoms with E-state index in [1.807, 2.05) is 30.3 Å². The van der Waals surface area contributed by atoms with Crippen molar-refractivity contribution >= 4 is 34.1 Å². The van der Waals surface area contributed by atoms with Crippen LogP contribution >= 0.6 is 11.3 Å². The van der Waals surface area contributed by atoms with Crippen LogP contribution in [0.4, 0.5) is 0 Å². The van der Waals surface area contributed by atoms with Gasteiger partial charge in [0, 0.05) is 5.56 Å². The van der Waals surface area contributed by atoms with Crippen molar-refractivity contribution in [1.82, 2.24) is 4.98 Å². The van der Waals surface area contributed by atoms with Crippen molar-refractivity contribution in [3.63, 3.8) is 0 Å². The van der Waals surface area contributed by atoms with Gasteiger partial charge in [0.15, 0.2) is 0 Å². The fraction of sp³-hybridized carbons (Fsp3) is 0. The van der Waals surface area contributed by atoms with Crippen LogP contribution in [0.5, 0.6) is 0 Å². The van der Waals surface area contributed by atoms with Gasteiger partial charge in [-0.25, -0.2) is 4.98 Å². The Balaban J connectivity index is 1.64. The summed E-state index contributed by atoms with van der Waals surface area (Å²) in [4.78, 5) is 4.68. The molecule has 0 aliphatic carbocycles. The average molecular weight is 331 g/mol. The second kappa shape index (κ2) is 6.21. The zero-order chi connectivity index (χ0) is 16.5. The molecule has 116 valence electrons. The minimum Gasteiger partial charge on any atom is -0.423 e. The molecule has 3 nitrogen and oxygen atoms in total. The highest BCUT2D eigenvalue weighted by atomic mass is 32.1. The highest BCUT2D eigenvalue weighted by Crippen LogP contribution is 2.31. The number of hydrogen-bond donors (Lipinski definition) is 2. The van der Waals surface area contributed by atoms with E-state index < -0.39 is 7.12 Å². The van der Waals surface area contributed by atoms with Gasteiger partial charge in [0.1, 0.15) is 5.01 Å². The standard InChI is InChI=1S/C19H14BNO2S/c22-20(23)16-11-9-14(10-12-16)13-5-7-15(8-6-13)19-21-17-3-1-2-4-18(17)24-19/h1-12,22-23H. The van der Waals surface area contributed by atoms with Crippen LogP contribution in [0.2, 0.25) is 0 Å². The Morgan fingerprint density at radius 2 is 1.29 bits per heavy atom. The van der Waals surface area contributed by atoms with E-state index in [4.69, 9.17) is 10.0 Å². The van der Waals surface area contributed by atoms with Gasteiger partial charge in [0.05, 0.1) is 10.2 Å². The van der Waals surface area contributed by atoms with Crippen LogP contribution in [-0.2, 0) is 0 Å². The lowest BCUT2D eigenvalue weighted by molar-refractivity contribution is 0.426. The van der Waals surface area contributed by atoms with Crippen molar-refractivity contribution in [1.29, 1.82) is 0 Å². The van der Waals surface area contributed by atoms with Gasteiger partial charge in [-0.15, -0.1) is 11.3 Å². The summed E-state index contributed by atoms with van der Waals surface area (Å²) >= 11 is 1.69. The van der Waals surface area contributed by atoms with E-state index in [1.165, 1.54) is 4.70 Å². The lowest BCUT2D eigenvalue weighted by Crippen LogP contribution is -2.29. The highest BCUT2D eigenvalue weighted by molar-refractivity contribution is 7.21. The molecule has 0 saturated heterocycles. The number of nitrogens with zero attached hydrogens (tertiary/aromatic N) is 1. The van der Waals surface area contributed by atoms with Crippen molar-refractivity contribution in [2.45, 2.75) is 0 Å². The van der Waals surface area contributed by atoms with E-state index >= 15 is 0 Å². The van der Waals surface area contributed by atoms with Crippen LogP contribution in [-0.4, -0.2) is 22.2 Å². The lowest BCUT2D eigenvalue weighted by Gasteiger charge is -2.05. The van der Waals surface area contributed by atoms with E-state index in [9.17, 15) is 0 Å². The Labute approximate surface area is 144 Å². The molecule has 0 aliphatic heterocycles. The maximum absolute atomic E-state index is 9.16. The van der Waals surface area contributed by atoms with E-state index in [-0.39, 0.29) is 0 Å². The monoisotopic (exact) mass is 331 g/mol. The fourth-order valence-electron chi connectivity index (χ4n) is 2.65. The zero-order valence-corrected chi connectivity index (χ0v) is 13.6. The van der Waals surface area contributed by atoms with Gasteiger partial charge in [0.2, 0.25) is 0 Å². The highest BCUT2D eigenvalue weighted by Gasteiger charge is 2.10. The van der Waals surface area contributed by atoms with Crippen molar-refractivity contribution in [2.24, 2.45) is 0 Å². The molecule has 0 atom stereocenters. The maximum atomic E-state index is 9.16. The second-order valence-electron chi connectivity index (χ2n) is 5.56. The smallest absolute Gasteiger partial charge is 0.423 e. The molecule has 0 saturated carbocycles. The first-order chi connectivity index (χ1) is 11.7. The molecule has 0 fully saturated rings. The molecule has 0 radical (unpaired) electrons. The Hall–Kier alpha value is -2.47. The molecule has 2 N–H and O–H groups in total. The zero-order valence-electron chi connectivity index (χ0n) is 12.8. The third-order valence-corrected chi connectivity index (χ3v) is 5.05. The maximum Gasteiger partial charge on any atom is 0.488 e. The molecule has 4 aromatic rings. The summed E-state index contributed by atoms with van der Waals surface area (Å²) < 4.78 is 1.19. The summed E-state index contributed by atoms with van der Waals surface area (Å²) in [6.07, 6.45) is 0. The van der Waals surface area contributed by atoms with Gasteiger partial charge in [-0.3, -0.25) is 0 Å². The van der Waals surface area contributed by atoms with E-state index in [1.54, 1.807) is 23.5 Å². The topological polar surface area (TPSA) is 53.4 Å². The molecule has 1 aromatic heterocycles. The third-order valence-electron chi connectivity index (χ3n) is 3.97. The van der Waals surface area contributed by atoms with E-state index in [0.717, 1.165) is 27.2 Å². The molecule has 4 rings (SSSR count). The van der Waals surface area contributed by atoms with Gasteiger partial charge in [0.25, 0.3) is 0 Å². The summed E-state index contributed by atoms with van der Waals surface area (Å²) in [5, 5.41) is 19.3. The van der Waals surface area contributed by atoms with Crippen LogP contribution in [0.1, 0.15) is 0 Å². The number of para-hydroxylation sites is 1. The number of aromatic nitrogens is 1. The first-order valence-corrected chi connectivity index (χ1v) is 8.45. The molecule has 5 heteroatoms. The average Bonchev–Trinajstić information content (AvgIpc) is 3.06. The number of hydrogen-bond acceptors (Lipinski definition) is 4. The Morgan fingerprint density at radius 3 is 1.92 bits per heavy atom. The van der Waals surface area contributed by atoms with Crippen molar-refractivity contribution in [3.05, 3.63) is 72.8 Å². The van der Waals surface area contributed by atoms with Crippen molar-refractivity contribution in [2.75, 3.05) is 0 Å². The Kier molecular flexibility index (Phi) is 3.90. The summed E-state index contributed by atoms with van der Waals surface area (Å²) in [6.45, 7) is 0. The predicted molar refractivity (Wildman–Crippen MR) is 100 cm³/mol. The molecule has 0 unspecified atom stereocenters. The van der Waals surface area contributed by atoms with Gasteiger partial charge in [-0.1, -0.05) is 60.7 Å². The largest absolute Gasteiger partial charge is 0.488 e. The quantitative estimate of drug-likeness (QED) is 0.566. The summed E-state index contributed by atoms with van der Waals surface area (Å²) in [6, 6.07) is 23.6. The van der Waals surface area contributed by atoms with Gasteiger partial charge >= 0.3 is 7.12 Å². The Morgan fingerprint density at radius 1 is 0.708 bits per heavy atom. The van der Waals surface area contributed by atoms with Crippen LogP contribution in [0.3, 0.4) is 0 Å². The van der Waals surface area contributed by atoms with Crippen LogP contribution < -0.4 is 5.46 Å². The first kappa shape index (κ1) is 15.1. The van der Waals surface area contributed by atoms with Crippen LogP contribution in [0.15, 0.2) is 72.8 Å². The molecular weight excluding hydrogens is 317 g/mol. The number of benzene rings is 3. The molecule has 1 heterocycles. The molecule has 3 aromatic carbocycles. The second-order valence-corrected chi connectivity index (χ2v) is 6.59. The lowest BCUT2D eigenvalue weighted by atomic mass is 9.80. The van der Waals surface area contributed by atoms with Gasteiger partial charge in [-0.05, 0) is 28.7 Å². The minimum atomic E-state index is -1.43. The summed E-state index contributed by atoms with van der Waals surface area (Å²) in [7, 11) is -1.43. The Bertz CT molecular complexity index is 945. The normalized spacial score (nSPS) is 10.9. The first-order valence-electron chi connectivity index (χ1n) is 7.63. The van der Waals surface area contributed by atoms with Crippen molar-refractivity contribution in [3.8, 4) is 21.7 Å². The third kappa shape index (κ3) is 2.85. The predicted octanol–water partition coefficient (Wildman–Crippen LogP) is 3.31.